The van der Waals surface area contributed by atoms with Crippen LogP contribution in [0.15, 0.2) is 128 Å². The van der Waals surface area contributed by atoms with Gasteiger partial charge in [-0.1, -0.05) is 114 Å². The molecule has 4 aromatic heterocycles. The molecule has 0 saturated carbocycles. The first kappa shape index (κ1) is 41.3. The van der Waals surface area contributed by atoms with Crippen LogP contribution >= 0.6 is 23.2 Å². The highest BCUT2D eigenvalue weighted by Crippen LogP contribution is 2.30. The number of benzene rings is 4. The Morgan fingerprint density at radius 2 is 1.23 bits per heavy atom. The molecule has 4 heterocycles. The minimum Gasteiger partial charge on any atom is -0.457 e. The molecule has 16 heteroatoms. The maximum absolute atomic E-state index is 14.1. The minimum absolute atomic E-state index is 0.00852. The van der Waals surface area contributed by atoms with Crippen LogP contribution in [0, 0.1) is 0 Å². The molecule has 0 unspecified atom stereocenters. The number of nitrogens with one attached hydrogen (secondary N) is 1. The molecule has 14 nitrogen and oxygen atoms in total. The van der Waals surface area contributed by atoms with Gasteiger partial charge in [0.2, 0.25) is 11.9 Å². The number of carbonyl (C=O) groups is 2. The van der Waals surface area contributed by atoms with Crippen molar-refractivity contribution >= 4 is 47.0 Å². The van der Waals surface area contributed by atoms with Crippen LogP contribution in [-0.2, 0) is 44.3 Å². The van der Waals surface area contributed by atoms with Gasteiger partial charge in [-0.25, -0.2) is 24.7 Å². The zero-order valence-electron chi connectivity index (χ0n) is 33.4. The molecular weight excluding hydrogens is 825 g/mol. The Labute approximate surface area is 366 Å². The molecule has 0 atom stereocenters. The maximum Gasteiger partial charge on any atom is 0.338 e. The number of anilines is 2. The van der Waals surface area contributed by atoms with Crippen molar-refractivity contribution < 1.29 is 14.3 Å². The number of halogens is 2. The largest absolute Gasteiger partial charge is 0.457 e. The second kappa shape index (κ2) is 18.5. The molecule has 0 aliphatic rings. The normalized spacial score (nSPS) is 11.1. The summed E-state index contributed by atoms with van der Waals surface area (Å²) in [7, 11) is 1.80. The van der Waals surface area contributed by atoms with Crippen LogP contribution in [0.3, 0.4) is 0 Å². The molecule has 0 aliphatic carbocycles. The number of aryl methyl sites for hydroxylation is 1. The lowest BCUT2D eigenvalue weighted by atomic mass is 9.93. The molecule has 0 bridgehead atoms. The van der Waals surface area contributed by atoms with Crippen LogP contribution in [-0.4, -0.2) is 51.4 Å². The average molecular weight is 865 g/mol. The van der Waals surface area contributed by atoms with Crippen LogP contribution in [0.25, 0.3) is 22.8 Å². The Bertz CT molecular complexity index is 2860. The van der Waals surface area contributed by atoms with Gasteiger partial charge >= 0.3 is 5.97 Å². The van der Waals surface area contributed by atoms with E-state index < -0.39 is 5.97 Å². The van der Waals surface area contributed by atoms with E-state index in [0.29, 0.717) is 46.0 Å². The van der Waals surface area contributed by atoms with Gasteiger partial charge in [-0.2, -0.15) is 10.2 Å². The van der Waals surface area contributed by atoms with Gasteiger partial charge in [-0.3, -0.25) is 14.2 Å². The molecule has 0 saturated heterocycles. The predicted molar refractivity (Wildman–Crippen MR) is 237 cm³/mol. The number of nitrogens with zero attached hydrogens (tertiary/aromatic N) is 8. The van der Waals surface area contributed by atoms with Crippen LogP contribution in [0.2, 0.25) is 10.3 Å². The zero-order valence-corrected chi connectivity index (χ0v) is 34.9. The van der Waals surface area contributed by atoms with Gasteiger partial charge in [-0.15, -0.1) is 0 Å². The molecule has 0 spiro atoms. The van der Waals surface area contributed by atoms with Crippen LogP contribution in [0.1, 0.15) is 59.7 Å². The summed E-state index contributed by atoms with van der Waals surface area (Å²) >= 11 is 12.7. The molecule has 5 N–H and O–H groups in total. The Hall–Kier alpha value is -7.42. The number of nitrogens with two attached hydrogens (primary N) is 2. The molecule has 8 rings (SSSR count). The van der Waals surface area contributed by atoms with E-state index in [0.717, 1.165) is 33.4 Å². The first-order valence-corrected chi connectivity index (χ1v) is 20.2. The Balaban J connectivity index is 1.18. The lowest BCUT2D eigenvalue weighted by Gasteiger charge is -2.16. The van der Waals surface area contributed by atoms with E-state index in [4.69, 9.17) is 49.6 Å². The quantitative estimate of drug-likeness (QED) is 0.0723. The van der Waals surface area contributed by atoms with Gasteiger partial charge in [0.25, 0.3) is 5.91 Å². The highest BCUT2D eigenvalue weighted by atomic mass is 35.5. The molecular formula is C46H39Cl2N11O3. The number of amides is 1. The molecule has 8 aromatic rings. The van der Waals surface area contributed by atoms with Gasteiger partial charge in [0.05, 0.1) is 23.5 Å². The van der Waals surface area contributed by atoms with Crippen molar-refractivity contribution in [1.82, 2.24) is 44.8 Å². The van der Waals surface area contributed by atoms with Crippen molar-refractivity contribution in [2.45, 2.75) is 32.5 Å². The highest BCUT2D eigenvalue weighted by Gasteiger charge is 2.23. The first-order valence-electron chi connectivity index (χ1n) is 19.5. The number of hydrogen-bond acceptors (Lipinski definition) is 11. The predicted octanol–water partition coefficient (Wildman–Crippen LogP) is 7.52. The van der Waals surface area contributed by atoms with E-state index in [1.54, 1.807) is 46.7 Å². The highest BCUT2D eigenvalue weighted by molar-refractivity contribution is 6.30. The molecule has 62 heavy (non-hydrogen) atoms. The van der Waals surface area contributed by atoms with Crippen molar-refractivity contribution in [2.75, 3.05) is 11.5 Å². The number of hydrogen-bond donors (Lipinski definition) is 3. The van der Waals surface area contributed by atoms with Gasteiger partial charge in [-0.05, 0) is 39.9 Å². The number of carbonyl (C=O) groups excluding carboxylic acids is 2. The summed E-state index contributed by atoms with van der Waals surface area (Å²) in [5, 5.41) is 13.1. The Morgan fingerprint density at radius 3 is 1.90 bits per heavy atom. The molecule has 310 valence electrons. The van der Waals surface area contributed by atoms with Crippen molar-refractivity contribution in [3.05, 3.63) is 188 Å². The standard InChI is InChI=1S/C46H39Cl2N11O3/c1-58-24-33(41(56-58)37-21-39(47)54-45(49)52-37)20-36-31(16-10-18-35(36)43(60)51-23-28-11-4-2-5-12-28)25-59-26-32(42(57-59)38-22-40(48)55-46(50)53-38)19-30-15-8-9-17-34(30)44(61)62-27-29-13-6-3-7-14-29/h2-18,21-22,24,26H,19-20,23,25,27H2,1H3,(H,51,60)(H2,49,52,54)(H2,50,53,55). The topological polar surface area (TPSA) is 195 Å². The summed E-state index contributed by atoms with van der Waals surface area (Å²) in [6.07, 6.45) is 4.33. The summed E-state index contributed by atoms with van der Waals surface area (Å²) in [6.45, 7) is 0.694. The smallest absolute Gasteiger partial charge is 0.338 e. The zero-order chi connectivity index (χ0) is 43.2. The lowest BCUT2D eigenvalue weighted by Crippen LogP contribution is -2.25. The summed E-state index contributed by atoms with van der Waals surface area (Å²) in [6, 6.07) is 35.3. The lowest BCUT2D eigenvalue weighted by molar-refractivity contribution is 0.0471. The van der Waals surface area contributed by atoms with Crippen LogP contribution < -0.4 is 16.8 Å². The molecule has 0 radical (unpaired) electrons. The number of esters is 1. The molecule has 0 aliphatic heterocycles. The van der Waals surface area contributed by atoms with E-state index in [1.165, 1.54) is 0 Å². The van der Waals surface area contributed by atoms with Gasteiger partial charge in [0.15, 0.2) is 0 Å². The first-order chi connectivity index (χ1) is 30.1. The van der Waals surface area contributed by atoms with Gasteiger partial charge in [0.1, 0.15) is 28.3 Å². The van der Waals surface area contributed by atoms with Crippen molar-refractivity contribution in [3.63, 3.8) is 0 Å². The van der Waals surface area contributed by atoms with Crippen LogP contribution in [0.4, 0.5) is 11.9 Å². The van der Waals surface area contributed by atoms with E-state index in [-0.39, 0.29) is 54.1 Å². The van der Waals surface area contributed by atoms with E-state index in [9.17, 15) is 9.59 Å². The van der Waals surface area contributed by atoms with Gasteiger partial charge < -0.3 is 21.5 Å². The van der Waals surface area contributed by atoms with Crippen molar-refractivity contribution in [2.24, 2.45) is 7.05 Å². The number of aromatic nitrogens is 8. The summed E-state index contributed by atoms with van der Waals surface area (Å²) in [4.78, 5) is 44.6. The number of ether oxygens (including phenoxy) is 1. The monoisotopic (exact) mass is 863 g/mol. The number of nitrogen functional groups attached to an aromatic ring is 2. The second-order valence-corrected chi connectivity index (χ2v) is 15.2. The van der Waals surface area contributed by atoms with E-state index >= 15 is 0 Å². The molecule has 1 amide bonds. The maximum atomic E-state index is 14.1. The Kier molecular flexibility index (Phi) is 12.3. The summed E-state index contributed by atoms with van der Waals surface area (Å²) in [5.41, 5.74) is 20.4. The summed E-state index contributed by atoms with van der Waals surface area (Å²) < 4.78 is 9.18. The summed E-state index contributed by atoms with van der Waals surface area (Å²) in [5.74, 6) is -0.724. The van der Waals surface area contributed by atoms with Crippen LogP contribution in [0.5, 0.6) is 0 Å². The van der Waals surface area contributed by atoms with E-state index in [1.807, 2.05) is 97.3 Å². The fourth-order valence-corrected chi connectivity index (χ4v) is 7.59. The third kappa shape index (κ3) is 9.78. The number of rotatable bonds is 14. The fourth-order valence-electron chi connectivity index (χ4n) is 7.21. The SMILES string of the molecule is Cn1cc(Cc2c(Cn3cc(Cc4ccccc4C(=O)OCc4ccccc4)c(-c4cc(Cl)nc(N)n4)n3)cccc2C(=O)NCc2ccccc2)c(-c2cc(Cl)nc(N)n2)n1. The second-order valence-electron chi connectivity index (χ2n) is 14.4. The van der Waals surface area contributed by atoms with Gasteiger partial charge in [0, 0.05) is 67.7 Å². The molecule has 0 fully saturated rings. The van der Waals surface area contributed by atoms with Crippen molar-refractivity contribution in [1.29, 1.82) is 0 Å². The third-order valence-corrected chi connectivity index (χ3v) is 10.4. The Morgan fingerprint density at radius 1 is 0.645 bits per heavy atom. The van der Waals surface area contributed by atoms with E-state index in [2.05, 4.69) is 25.3 Å². The average Bonchev–Trinajstić information content (AvgIpc) is 3.84. The minimum atomic E-state index is -0.457. The van der Waals surface area contributed by atoms with Crippen molar-refractivity contribution in [3.8, 4) is 22.8 Å². The third-order valence-electron chi connectivity index (χ3n) is 10.00. The fraction of sp³-hybridized carbons (Fsp3) is 0.130. The molecule has 4 aromatic carbocycles.